The van der Waals surface area contributed by atoms with Crippen molar-refractivity contribution in [1.29, 1.82) is 0 Å². The highest BCUT2D eigenvalue weighted by Crippen LogP contribution is 2.23. The van der Waals surface area contributed by atoms with Crippen molar-refractivity contribution in [3.05, 3.63) is 0 Å². The second kappa shape index (κ2) is 5.97. The molecular weight excluding hydrogens is 238 g/mol. The molecule has 104 valence electrons. The van der Waals surface area contributed by atoms with Gasteiger partial charge in [0, 0.05) is 13.1 Å². The van der Waals surface area contributed by atoms with Gasteiger partial charge in [-0.1, -0.05) is 0 Å². The van der Waals surface area contributed by atoms with E-state index in [9.17, 15) is 15.0 Å². The zero-order chi connectivity index (χ0) is 13.1. The van der Waals surface area contributed by atoms with Crippen molar-refractivity contribution < 1.29 is 24.9 Å². The van der Waals surface area contributed by atoms with Crippen molar-refractivity contribution in [2.45, 2.75) is 37.6 Å². The summed E-state index contributed by atoms with van der Waals surface area (Å²) >= 11 is 0. The Bertz CT molecular complexity index is 292. The first-order chi connectivity index (χ1) is 8.65. The largest absolute Gasteiger partial charge is 0.394 e. The second-order valence-electron chi connectivity index (χ2n) is 5.03. The molecule has 0 aliphatic carbocycles. The fourth-order valence-corrected chi connectivity index (χ4v) is 2.61. The molecule has 0 spiro atoms. The van der Waals surface area contributed by atoms with E-state index in [1.807, 2.05) is 0 Å². The van der Waals surface area contributed by atoms with Crippen molar-refractivity contribution in [3.63, 3.8) is 0 Å². The van der Waals surface area contributed by atoms with E-state index < -0.39 is 24.2 Å². The number of likely N-dealkylation sites (tertiary alicyclic amines) is 1. The van der Waals surface area contributed by atoms with Crippen molar-refractivity contribution in [1.82, 2.24) is 4.90 Å². The average Bonchev–Trinajstić information content (AvgIpc) is 2.42. The quantitative estimate of drug-likeness (QED) is 0.575. The van der Waals surface area contributed by atoms with Gasteiger partial charge in [0.25, 0.3) is 0 Å². The second-order valence-corrected chi connectivity index (χ2v) is 5.03. The van der Waals surface area contributed by atoms with Crippen LogP contribution in [0, 0.1) is 5.92 Å². The number of amides is 1. The van der Waals surface area contributed by atoms with Crippen LogP contribution < -0.4 is 0 Å². The predicted molar refractivity (Wildman–Crippen MR) is 62.8 cm³/mol. The first-order valence-corrected chi connectivity index (χ1v) is 6.52. The van der Waals surface area contributed by atoms with Crippen LogP contribution in [-0.4, -0.2) is 70.7 Å². The number of rotatable bonds is 2. The van der Waals surface area contributed by atoms with E-state index in [0.29, 0.717) is 13.1 Å². The zero-order valence-electron chi connectivity index (χ0n) is 10.4. The number of carbonyl (C=O) groups is 1. The molecule has 1 unspecified atom stereocenters. The smallest absolute Gasteiger partial charge is 0.230 e. The molecule has 3 N–H and O–H groups in total. The van der Waals surface area contributed by atoms with Crippen molar-refractivity contribution in [2.75, 3.05) is 26.3 Å². The standard InChI is InChI=1S/C12H21NO5/c14-6-9-11(16)10(15)8(7-18-9)12(17)13-4-2-1-3-5-13/h8-11,14-16H,1-7H2/t8?,9-,10-,11+/m1/s1. The third kappa shape index (κ3) is 2.66. The SMILES string of the molecule is O=C(C1CO[C@H](CO)[C@H](O)[C@@H]1O)N1CCCCC1. The minimum Gasteiger partial charge on any atom is -0.394 e. The first-order valence-electron chi connectivity index (χ1n) is 6.52. The van der Waals surface area contributed by atoms with E-state index in [-0.39, 0.29) is 19.1 Å². The minimum atomic E-state index is -1.21. The van der Waals surface area contributed by atoms with E-state index in [1.54, 1.807) is 4.90 Å². The van der Waals surface area contributed by atoms with Crippen molar-refractivity contribution in [2.24, 2.45) is 5.92 Å². The predicted octanol–water partition coefficient (Wildman–Crippen LogP) is -1.27. The maximum absolute atomic E-state index is 12.2. The molecule has 2 fully saturated rings. The van der Waals surface area contributed by atoms with Gasteiger partial charge in [-0.15, -0.1) is 0 Å². The van der Waals surface area contributed by atoms with Crippen LogP contribution in [0.3, 0.4) is 0 Å². The molecule has 0 aromatic rings. The third-order valence-electron chi connectivity index (χ3n) is 3.80. The Morgan fingerprint density at radius 3 is 2.44 bits per heavy atom. The van der Waals surface area contributed by atoms with Gasteiger partial charge in [0.05, 0.1) is 25.2 Å². The highest BCUT2D eigenvalue weighted by molar-refractivity contribution is 5.80. The van der Waals surface area contributed by atoms with E-state index in [2.05, 4.69) is 0 Å². The number of hydrogen-bond acceptors (Lipinski definition) is 5. The van der Waals surface area contributed by atoms with Crippen LogP contribution in [0.1, 0.15) is 19.3 Å². The summed E-state index contributed by atoms with van der Waals surface area (Å²) in [5, 5.41) is 28.7. The van der Waals surface area contributed by atoms with Gasteiger partial charge < -0.3 is 25.0 Å². The van der Waals surface area contributed by atoms with Gasteiger partial charge in [-0.3, -0.25) is 4.79 Å². The molecule has 6 nitrogen and oxygen atoms in total. The normalized spacial score (nSPS) is 37.6. The van der Waals surface area contributed by atoms with Gasteiger partial charge >= 0.3 is 0 Å². The molecule has 0 bridgehead atoms. The molecule has 0 radical (unpaired) electrons. The maximum Gasteiger partial charge on any atom is 0.230 e. The van der Waals surface area contributed by atoms with Crippen molar-refractivity contribution in [3.8, 4) is 0 Å². The van der Waals surface area contributed by atoms with Gasteiger partial charge in [-0.05, 0) is 19.3 Å². The Morgan fingerprint density at radius 2 is 1.83 bits per heavy atom. The summed E-state index contributed by atoms with van der Waals surface area (Å²) < 4.78 is 5.23. The molecule has 0 aromatic carbocycles. The van der Waals surface area contributed by atoms with Crippen LogP contribution in [0.2, 0.25) is 0 Å². The molecule has 2 aliphatic rings. The van der Waals surface area contributed by atoms with Crippen LogP contribution in [-0.2, 0) is 9.53 Å². The van der Waals surface area contributed by atoms with Gasteiger partial charge in [0.15, 0.2) is 0 Å². The summed E-state index contributed by atoms with van der Waals surface area (Å²) in [4.78, 5) is 13.9. The van der Waals surface area contributed by atoms with Gasteiger partial charge in [0.1, 0.15) is 12.2 Å². The topological polar surface area (TPSA) is 90.2 Å². The lowest BCUT2D eigenvalue weighted by molar-refractivity contribution is -0.186. The molecular formula is C12H21NO5. The Morgan fingerprint density at radius 1 is 1.17 bits per heavy atom. The van der Waals surface area contributed by atoms with Crippen molar-refractivity contribution >= 4 is 5.91 Å². The van der Waals surface area contributed by atoms with E-state index in [4.69, 9.17) is 9.84 Å². The zero-order valence-corrected chi connectivity index (χ0v) is 10.4. The number of ether oxygens (including phenoxy) is 1. The third-order valence-corrected chi connectivity index (χ3v) is 3.80. The van der Waals surface area contributed by atoms with E-state index >= 15 is 0 Å². The summed E-state index contributed by atoms with van der Waals surface area (Å²) in [5.74, 6) is -0.876. The maximum atomic E-state index is 12.2. The molecule has 6 heteroatoms. The lowest BCUT2D eigenvalue weighted by atomic mass is 9.91. The van der Waals surface area contributed by atoms with Crippen LogP contribution in [0.5, 0.6) is 0 Å². The number of aliphatic hydroxyl groups is 3. The lowest BCUT2D eigenvalue weighted by Gasteiger charge is -2.39. The molecule has 2 saturated heterocycles. The molecule has 0 saturated carbocycles. The average molecular weight is 259 g/mol. The van der Waals surface area contributed by atoms with E-state index in [0.717, 1.165) is 19.3 Å². The molecule has 1 amide bonds. The Hall–Kier alpha value is -0.690. The molecule has 2 heterocycles. The number of nitrogens with zero attached hydrogens (tertiary/aromatic N) is 1. The summed E-state index contributed by atoms with van der Waals surface area (Å²) in [5.41, 5.74) is 0. The number of aliphatic hydroxyl groups excluding tert-OH is 3. The molecule has 2 rings (SSSR count). The van der Waals surface area contributed by atoms with Gasteiger partial charge in [0.2, 0.25) is 5.91 Å². The molecule has 0 aromatic heterocycles. The fourth-order valence-electron chi connectivity index (χ4n) is 2.61. The number of piperidine rings is 1. The Labute approximate surface area is 106 Å². The monoisotopic (exact) mass is 259 g/mol. The van der Waals surface area contributed by atoms with Crippen LogP contribution in [0.25, 0.3) is 0 Å². The Kier molecular flexibility index (Phi) is 4.55. The highest BCUT2D eigenvalue weighted by Gasteiger charge is 2.43. The summed E-state index contributed by atoms with van der Waals surface area (Å²) in [6.45, 7) is 1.12. The molecule has 4 atom stereocenters. The van der Waals surface area contributed by atoms with Crippen LogP contribution >= 0.6 is 0 Å². The summed E-state index contributed by atoms with van der Waals surface area (Å²) in [6.07, 6.45) is -0.0739. The fraction of sp³-hybridized carbons (Fsp3) is 0.917. The minimum absolute atomic E-state index is 0.0544. The number of carbonyl (C=O) groups excluding carboxylic acids is 1. The molecule has 18 heavy (non-hydrogen) atoms. The van der Waals surface area contributed by atoms with Gasteiger partial charge in [-0.2, -0.15) is 0 Å². The van der Waals surface area contributed by atoms with E-state index in [1.165, 1.54) is 0 Å². The summed E-state index contributed by atoms with van der Waals surface area (Å²) in [7, 11) is 0. The highest BCUT2D eigenvalue weighted by atomic mass is 16.5. The van der Waals surface area contributed by atoms with Gasteiger partial charge in [-0.25, -0.2) is 0 Å². The Balaban J connectivity index is 1.98. The summed E-state index contributed by atoms with van der Waals surface area (Å²) in [6, 6.07) is 0. The molecule has 2 aliphatic heterocycles. The van der Waals surface area contributed by atoms with Crippen LogP contribution in [0.15, 0.2) is 0 Å². The lowest BCUT2D eigenvalue weighted by Crippen LogP contribution is -2.56. The first kappa shape index (κ1) is 13.7. The van der Waals surface area contributed by atoms with Crippen LogP contribution in [0.4, 0.5) is 0 Å². The number of hydrogen-bond donors (Lipinski definition) is 3.